The Hall–Kier alpha value is -1.74. The largest absolute Gasteiger partial charge is 0.543 e. The molecule has 0 aliphatic carbocycles. The van der Waals surface area contributed by atoms with Crippen LogP contribution >= 0.6 is 0 Å². The minimum Gasteiger partial charge on any atom is -0.543 e. The first-order valence-electron chi connectivity index (χ1n) is 7.39. The van der Waals surface area contributed by atoms with Gasteiger partial charge in [0, 0.05) is 5.39 Å². The number of furan rings is 1. The van der Waals surface area contributed by atoms with Gasteiger partial charge in [0.15, 0.2) is 0 Å². The van der Waals surface area contributed by atoms with E-state index < -0.39 is 8.32 Å². The van der Waals surface area contributed by atoms with Crippen LogP contribution in [0, 0.1) is 0 Å². The van der Waals surface area contributed by atoms with E-state index in [0.717, 1.165) is 27.7 Å². The molecule has 1 aromatic heterocycles. The second-order valence-electron chi connectivity index (χ2n) is 7.09. The lowest BCUT2D eigenvalue weighted by Gasteiger charge is -2.36. The SMILES string of the molecule is CC(C)(C)[Si](C)(C)Oc1cccc2oc3ccccc3c12. The smallest absolute Gasteiger partial charge is 0.250 e. The van der Waals surface area contributed by atoms with Gasteiger partial charge in [-0.2, -0.15) is 0 Å². The average molecular weight is 298 g/mol. The van der Waals surface area contributed by atoms with Gasteiger partial charge in [-0.15, -0.1) is 0 Å². The highest BCUT2D eigenvalue weighted by molar-refractivity contribution is 6.74. The van der Waals surface area contributed by atoms with E-state index in [1.54, 1.807) is 0 Å². The summed E-state index contributed by atoms with van der Waals surface area (Å²) in [5.74, 6) is 0.948. The van der Waals surface area contributed by atoms with Gasteiger partial charge in [-0.1, -0.05) is 45.0 Å². The van der Waals surface area contributed by atoms with Crippen LogP contribution in [0.5, 0.6) is 5.75 Å². The summed E-state index contributed by atoms with van der Waals surface area (Å²) in [6.45, 7) is 11.3. The van der Waals surface area contributed by atoms with Gasteiger partial charge in [-0.25, -0.2) is 0 Å². The third-order valence-electron chi connectivity index (χ3n) is 4.54. The van der Waals surface area contributed by atoms with Gasteiger partial charge in [-0.05, 0) is 36.3 Å². The molecule has 21 heavy (non-hydrogen) atoms. The van der Waals surface area contributed by atoms with Gasteiger partial charge < -0.3 is 8.84 Å². The zero-order chi connectivity index (χ0) is 15.3. The summed E-state index contributed by atoms with van der Waals surface area (Å²) in [5, 5.41) is 2.40. The molecule has 3 aromatic rings. The molecule has 0 atom stereocenters. The molecule has 0 spiro atoms. The highest BCUT2D eigenvalue weighted by Crippen LogP contribution is 2.41. The van der Waals surface area contributed by atoms with Crippen LogP contribution in [0.15, 0.2) is 46.9 Å². The number of hydrogen-bond acceptors (Lipinski definition) is 2. The van der Waals surface area contributed by atoms with E-state index in [0.29, 0.717) is 0 Å². The molecule has 0 unspecified atom stereocenters. The molecule has 0 amide bonds. The molecule has 0 radical (unpaired) electrons. The molecule has 3 rings (SSSR count). The first kappa shape index (κ1) is 14.2. The maximum atomic E-state index is 6.52. The maximum absolute atomic E-state index is 6.52. The third kappa shape index (κ3) is 2.36. The van der Waals surface area contributed by atoms with Gasteiger partial charge in [-0.3, -0.25) is 0 Å². The van der Waals surface area contributed by atoms with E-state index in [2.05, 4.69) is 46.0 Å². The summed E-state index contributed by atoms with van der Waals surface area (Å²) in [5.41, 5.74) is 1.81. The third-order valence-corrected chi connectivity index (χ3v) is 8.88. The fourth-order valence-corrected chi connectivity index (χ4v) is 3.28. The van der Waals surface area contributed by atoms with Crippen LogP contribution in [0.4, 0.5) is 0 Å². The second-order valence-corrected chi connectivity index (χ2v) is 11.8. The number of rotatable bonds is 2. The highest BCUT2D eigenvalue weighted by atomic mass is 28.4. The molecule has 2 nitrogen and oxygen atoms in total. The minimum atomic E-state index is -1.87. The summed E-state index contributed by atoms with van der Waals surface area (Å²) < 4.78 is 12.5. The van der Waals surface area contributed by atoms with Crippen LogP contribution in [0.25, 0.3) is 21.9 Å². The summed E-state index contributed by atoms with van der Waals surface area (Å²) >= 11 is 0. The molecule has 0 fully saturated rings. The normalized spacial score (nSPS) is 13.0. The van der Waals surface area contributed by atoms with Gasteiger partial charge in [0.25, 0.3) is 8.32 Å². The van der Waals surface area contributed by atoms with Crippen LogP contribution in [-0.4, -0.2) is 8.32 Å². The molecule has 0 bridgehead atoms. The van der Waals surface area contributed by atoms with Crippen LogP contribution in [0.3, 0.4) is 0 Å². The summed E-state index contributed by atoms with van der Waals surface area (Å²) in [6.07, 6.45) is 0. The van der Waals surface area contributed by atoms with Gasteiger partial charge in [0.2, 0.25) is 0 Å². The van der Waals surface area contributed by atoms with E-state index in [1.807, 2.05) is 30.3 Å². The van der Waals surface area contributed by atoms with Crippen molar-refractivity contribution in [2.45, 2.75) is 38.9 Å². The fraction of sp³-hybridized carbons (Fsp3) is 0.333. The van der Waals surface area contributed by atoms with Crippen molar-refractivity contribution in [1.82, 2.24) is 0 Å². The van der Waals surface area contributed by atoms with E-state index in [-0.39, 0.29) is 5.04 Å². The van der Waals surface area contributed by atoms with Crippen molar-refractivity contribution in [3.05, 3.63) is 42.5 Å². The monoisotopic (exact) mass is 298 g/mol. The fourth-order valence-electron chi connectivity index (χ4n) is 2.26. The molecule has 110 valence electrons. The summed E-state index contributed by atoms with van der Waals surface area (Å²) in [6, 6.07) is 14.2. The lowest BCUT2D eigenvalue weighted by atomic mass is 10.1. The van der Waals surface area contributed by atoms with Crippen molar-refractivity contribution < 1.29 is 8.84 Å². The summed E-state index contributed by atoms with van der Waals surface area (Å²) in [4.78, 5) is 0. The molecule has 0 aliphatic rings. The molecule has 0 saturated heterocycles. The molecule has 0 aliphatic heterocycles. The molecule has 1 heterocycles. The average Bonchev–Trinajstić information content (AvgIpc) is 2.76. The van der Waals surface area contributed by atoms with Crippen LogP contribution in [0.1, 0.15) is 20.8 Å². The molecule has 0 saturated carbocycles. The van der Waals surface area contributed by atoms with Crippen LogP contribution in [0.2, 0.25) is 18.1 Å². The number of benzene rings is 2. The Morgan fingerprint density at radius 2 is 1.57 bits per heavy atom. The Balaban J connectivity index is 2.19. The minimum absolute atomic E-state index is 0.175. The predicted octanol–water partition coefficient (Wildman–Crippen LogP) is 5.97. The van der Waals surface area contributed by atoms with Crippen molar-refractivity contribution in [3.63, 3.8) is 0 Å². The van der Waals surface area contributed by atoms with Crippen molar-refractivity contribution in [2.24, 2.45) is 0 Å². The number of hydrogen-bond donors (Lipinski definition) is 0. The first-order valence-corrected chi connectivity index (χ1v) is 10.3. The van der Waals surface area contributed by atoms with Crippen molar-refractivity contribution in [1.29, 1.82) is 0 Å². The molecular formula is C18H22O2Si. The molecule has 2 aromatic carbocycles. The van der Waals surface area contributed by atoms with E-state index in [1.165, 1.54) is 0 Å². The highest BCUT2D eigenvalue weighted by Gasteiger charge is 2.39. The number of fused-ring (bicyclic) bond motifs is 3. The Bertz CT molecular complexity index is 794. The molecular weight excluding hydrogens is 276 g/mol. The lowest BCUT2D eigenvalue weighted by molar-refractivity contribution is 0.496. The van der Waals surface area contributed by atoms with Crippen LogP contribution in [-0.2, 0) is 0 Å². The first-order chi connectivity index (χ1) is 9.79. The molecule has 3 heteroatoms. The van der Waals surface area contributed by atoms with Crippen LogP contribution < -0.4 is 4.43 Å². The quantitative estimate of drug-likeness (QED) is 0.544. The van der Waals surface area contributed by atoms with Crippen molar-refractivity contribution >= 4 is 30.3 Å². The Morgan fingerprint density at radius 3 is 2.29 bits per heavy atom. The Labute approximate surface area is 126 Å². The zero-order valence-corrected chi connectivity index (χ0v) is 14.4. The Morgan fingerprint density at radius 1 is 0.905 bits per heavy atom. The predicted molar refractivity (Wildman–Crippen MR) is 91.5 cm³/mol. The number of para-hydroxylation sites is 1. The van der Waals surface area contributed by atoms with Gasteiger partial charge in [0.05, 0.1) is 5.39 Å². The van der Waals surface area contributed by atoms with Gasteiger partial charge in [0.1, 0.15) is 16.9 Å². The van der Waals surface area contributed by atoms with Gasteiger partial charge >= 0.3 is 0 Å². The summed E-state index contributed by atoms with van der Waals surface area (Å²) in [7, 11) is -1.87. The molecule has 0 N–H and O–H groups in total. The Kier molecular flexibility index (Phi) is 3.13. The zero-order valence-electron chi connectivity index (χ0n) is 13.4. The van der Waals surface area contributed by atoms with E-state index in [9.17, 15) is 0 Å². The van der Waals surface area contributed by atoms with E-state index in [4.69, 9.17) is 8.84 Å². The standard InChI is InChI=1S/C18H22O2Si/c1-18(2,3)21(4,5)20-16-12-8-11-15-17(16)13-9-6-7-10-14(13)19-15/h6-12H,1-5H3. The second kappa shape index (κ2) is 4.63. The topological polar surface area (TPSA) is 22.4 Å². The van der Waals surface area contributed by atoms with Crippen molar-refractivity contribution in [3.8, 4) is 5.75 Å². The maximum Gasteiger partial charge on any atom is 0.250 e. The van der Waals surface area contributed by atoms with Crippen molar-refractivity contribution in [2.75, 3.05) is 0 Å². The lowest BCUT2D eigenvalue weighted by Crippen LogP contribution is -2.43. The van der Waals surface area contributed by atoms with E-state index >= 15 is 0 Å².